The smallest absolute Gasteiger partial charge is 0.0678 e. The van der Waals surface area contributed by atoms with Gasteiger partial charge in [-0.1, -0.05) is 18.2 Å². The van der Waals surface area contributed by atoms with Crippen molar-refractivity contribution in [3.05, 3.63) is 29.8 Å². The Balaban J connectivity index is 1.35. The SMILES string of the molecule is C[C@@H]1CN(CCCCNCc2ccccc2N2CCOCC2)C[C@@H](C)O1. The summed E-state index contributed by atoms with van der Waals surface area (Å²) in [7, 11) is 0. The summed E-state index contributed by atoms with van der Waals surface area (Å²) in [5.74, 6) is 0. The number of nitrogens with one attached hydrogen (secondary N) is 1. The Kier molecular flexibility index (Phi) is 7.74. The summed E-state index contributed by atoms with van der Waals surface area (Å²) >= 11 is 0. The van der Waals surface area contributed by atoms with E-state index in [0.29, 0.717) is 12.2 Å². The number of morpholine rings is 2. The average molecular weight is 362 g/mol. The molecule has 0 saturated carbocycles. The Morgan fingerprint density at radius 2 is 1.77 bits per heavy atom. The second kappa shape index (κ2) is 10.3. The first-order valence-corrected chi connectivity index (χ1v) is 10.2. The van der Waals surface area contributed by atoms with Crippen LogP contribution in [0.5, 0.6) is 0 Å². The van der Waals surface area contributed by atoms with E-state index in [1.54, 1.807) is 0 Å². The van der Waals surface area contributed by atoms with E-state index in [2.05, 4.69) is 53.2 Å². The Morgan fingerprint density at radius 1 is 1.04 bits per heavy atom. The molecule has 0 unspecified atom stereocenters. The molecule has 2 saturated heterocycles. The highest BCUT2D eigenvalue weighted by molar-refractivity contribution is 5.53. The molecule has 1 aromatic carbocycles. The highest BCUT2D eigenvalue weighted by Crippen LogP contribution is 2.21. The van der Waals surface area contributed by atoms with Crippen molar-refractivity contribution < 1.29 is 9.47 Å². The molecule has 2 fully saturated rings. The Hall–Kier alpha value is -1.14. The predicted octanol–water partition coefficient (Wildman–Crippen LogP) is 2.50. The number of anilines is 1. The van der Waals surface area contributed by atoms with Crippen LogP contribution >= 0.6 is 0 Å². The molecule has 5 nitrogen and oxygen atoms in total. The van der Waals surface area contributed by atoms with E-state index in [9.17, 15) is 0 Å². The highest BCUT2D eigenvalue weighted by Gasteiger charge is 2.21. The van der Waals surface area contributed by atoms with Gasteiger partial charge in [0.2, 0.25) is 0 Å². The molecule has 2 atom stereocenters. The van der Waals surface area contributed by atoms with E-state index in [1.807, 2.05) is 0 Å². The van der Waals surface area contributed by atoms with Gasteiger partial charge in [-0.05, 0) is 51.4 Å². The Labute approximate surface area is 158 Å². The van der Waals surface area contributed by atoms with Gasteiger partial charge in [-0.25, -0.2) is 0 Å². The molecule has 1 N–H and O–H groups in total. The monoisotopic (exact) mass is 361 g/mol. The maximum atomic E-state index is 5.81. The maximum absolute atomic E-state index is 5.81. The molecule has 2 aliphatic heterocycles. The van der Waals surface area contributed by atoms with Gasteiger partial charge in [0.05, 0.1) is 25.4 Å². The molecule has 5 heteroatoms. The minimum Gasteiger partial charge on any atom is -0.378 e. The average Bonchev–Trinajstić information content (AvgIpc) is 2.65. The topological polar surface area (TPSA) is 37.0 Å². The van der Waals surface area contributed by atoms with Crippen LogP contribution in [0.15, 0.2) is 24.3 Å². The molecule has 146 valence electrons. The third kappa shape index (κ3) is 5.95. The lowest BCUT2D eigenvalue weighted by Crippen LogP contribution is -2.45. The largest absolute Gasteiger partial charge is 0.378 e. The summed E-state index contributed by atoms with van der Waals surface area (Å²) in [4.78, 5) is 4.99. The number of nitrogens with zero attached hydrogens (tertiary/aromatic N) is 2. The zero-order valence-corrected chi connectivity index (χ0v) is 16.5. The number of para-hydroxylation sites is 1. The first-order valence-electron chi connectivity index (χ1n) is 10.2. The summed E-state index contributed by atoms with van der Waals surface area (Å²) < 4.78 is 11.3. The predicted molar refractivity (Wildman–Crippen MR) is 107 cm³/mol. The van der Waals surface area contributed by atoms with E-state index >= 15 is 0 Å². The lowest BCUT2D eigenvalue weighted by molar-refractivity contribution is -0.0681. The van der Waals surface area contributed by atoms with Crippen molar-refractivity contribution in [2.45, 2.75) is 45.4 Å². The van der Waals surface area contributed by atoms with Crippen LogP contribution in [0.1, 0.15) is 32.3 Å². The van der Waals surface area contributed by atoms with Crippen molar-refractivity contribution in [3.8, 4) is 0 Å². The number of hydrogen-bond donors (Lipinski definition) is 1. The fourth-order valence-electron chi connectivity index (χ4n) is 4.05. The van der Waals surface area contributed by atoms with Crippen molar-refractivity contribution in [1.82, 2.24) is 10.2 Å². The minimum atomic E-state index is 0.369. The van der Waals surface area contributed by atoms with E-state index in [-0.39, 0.29) is 0 Å². The molecule has 0 spiro atoms. The van der Waals surface area contributed by atoms with Crippen LogP contribution in [0.2, 0.25) is 0 Å². The molecule has 26 heavy (non-hydrogen) atoms. The molecule has 3 rings (SSSR count). The van der Waals surface area contributed by atoms with E-state index in [0.717, 1.165) is 52.5 Å². The number of unbranched alkanes of at least 4 members (excludes halogenated alkanes) is 1. The van der Waals surface area contributed by atoms with Crippen molar-refractivity contribution in [3.63, 3.8) is 0 Å². The molecule has 1 aromatic rings. The molecule has 0 bridgehead atoms. The normalized spacial score (nSPS) is 24.8. The van der Waals surface area contributed by atoms with Gasteiger partial charge in [0.25, 0.3) is 0 Å². The molecular weight excluding hydrogens is 326 g/mol. The lowest BCUT2D eigenvalue weighted by Gasteiger charge is -2.35. The lowest BCUT2D eigenvalue weighted by atomic mass is 10.1. The fraction of sp³-hybridized carbons (Fsp3) is 0.714. The molecule has 2 heterocycles. The number of rotatable bonds is 8. The van der Waals surface area contributed by atoms with Crippen LogP contribution in [-0.4, -0.2) is 69.6 Å². The number of benzene rings is 1. The van der Waals surface area contributed by atoms with Gasteiger partial charge in [-0.3, -0.25) is 4.90 Å². The second-order valence-corrected chi connectivity index (χ2v) is 7.63. The van der Waals surface area contributed by atoms with Crippen molar-refractivity contribution in [1.29, 1.82) is 0 Å². The fourth-order valence-corrected chi connectivity index (χ4v) is 4.05. The summed E-state index contributed by atoms with van der Waals surface area (Å²) in [6, 6.07) is 8.76. The molecule has 0 aliphatic carbocycles. The maximum Gasteiger partial charge on any atom is 0.0678 e. The van der Waals surface area contributed by atoms with Crippen LogP contribution in [0, 0.1) is 0 Å². The van der Waals surface area contributed by atoms with Crippen LogP contribution in [0.25, 0.3) is 0 Å². The Morgan fingerprint density at radius 3 is 2.54 bits per heavy atom. The van der Waals surface area contributed by atoms with Gasteiger partial charge >= 0.3 is 0 Å². The van der Waals surface area contributed by atoms with Crippen molar-refractivity contribution in [2.75, 3.05) is 57.4 Å². The van der Waals surface area contributed by atoms with E-state index in [1.165, 1.54) is 30.6 Å². The van der Waals surface area contributed by atoms with Crippen molar-refractivity contribution >= 4 is 5.69 Å². The van der Waals surface area contributed by atoms with Crippen LogP contribution in [0.3, 0.4) is 0 Å². The van der Waals surface area contributed by atoms with Gasteiger partial charge in [0.15, 0.2) is 0 Å². The van der Waals surface area contributed by atoms with Gasteiger partial charge < -0.3 is 19.7 Å². The highest BCUT2D eigenvalue weighted by atomic mass is 16.5. The third-order valence-electron chi connectivity index (χ3n) is 5.23. The Bertz CT molecular complexity index is 524. The van der Waals surface area contributed by atoms with Crippen LogP contribution in [0.4, 0.5) is 5.69 Å². The minimum absolute atomic E-state index is 0.369. The van der Waals surface area contributed by atoms with Gasteiger partial charge in [-0.15, -0.1) is 0 Å². The van der Waals surface area contributed by atoms with E-state index < -0.39 is 0 Å². The first-order chi connectivity index (χ1) is 12.7. The molecule has 0 amide bonds. The standard InChI is InChI=1S/C21H35N3O2/c1-18-16-23(17-19(2)26-18)10-6-5-9-22-15-20-7-3-4-8-21(20)24-11-13-25-14-12-24/h3-4,7-8,18-19,22H,5-6,9-17H2,1-2H3/t18-,19-/m1/s1. The third-order valence-corrected chi connectivity index (χ3v) is 5.23. The van der Waals surface area contributed by atoms with Gasteiger partial charge in [-0.2, -0.15) is 0 Å². The number of hydrogen-bond acceptors (Lipinski definition) is 5. The second-order valence-electron chi connectivity index (χ2n) is 7.63. The summed E-state index contributed by atoms with van der Waals surface area (Å²) in [5.41, 5.74) is 2.75. The van der Waals surface area contributed by atoms with E-state index in [4.69, 9.17) is 9.47 Å². The zero-order chi connectivity index (χ0) is 18.2. The van der Waals surface area contributed by atoms with Gasteiger partial charge in [0, 0.05) is 38.4 Å². The molecule has 2 aliphatic rings. The molecule has 0 radical (unpaired) electrons. The van der Waals surface area contributed by atoms with Crippen LogP contribution in [-0.2, 0) is 16.0 Å². The van der Waals surface area contributed by atoms with Gasteiger partial charge in [0.1, 0.15) is 0 Å². The zero-order valence-electron chi connectivity index (χ0n) is 16.5. The molecular formula is C21H35N3O2. The first kappa shape index (κ1) is 19.6. The summed E-state index contributed by atoms with van der Waals surface area (Å²) in [6.45, 7) is 13.4. The summed E-state index contributed by atoms with van der Waals surface area (Å²) in [6.07, 6.45) is 3.21. The van der Waals surface area contributed by atoms with Crippen LogP contribution < -0.4 is 10.2 Å². The quantitative estimate of drug-likeness (QED) is 0.720. The molecule has 0 aromatic heterocycles. The summed E-state index contributed by atoms with van der Waals surface area (Å²) in [5, 5.41) is 3.64. The number of ether oxygens (including phenoxy) is 2. The van der Waals surface area contributed by atoms with Crippen molar-refractivity contribution in [2.24, 2.45) is 0 Å².